The Morgan fingerprint density at radius 3 is 2.22 bits per heavy atom. The molecule has 2 aromatic carbocycles. The molecule has 6 heteroatoms. The topological polar surface area (TPSA) is 83.8 Å². The third kappa shape index (κ3) is 4.51. The SMILES string of the molecule is CC(C(=O)OCc1ccccc1)C(=O)c1ccc(B(O)O)cc1. The molecule has 2 rings (SSSR count). The Hall–Kier alpha value is -2.44. The molecule has 118 valence electrons. The molecule has 2 aromatic rings. The largest absolute Gasteiger partial charge is 0.488 e. The molecule has 0 aromatic heterocycles. The molecular weight excluding hydrogens is 295 g/mol. The van der Waals surface area contributed by atoms with Crippen LogP contribution in [-0.2, 0) is 16.1 Å². The summed E-state index contributed by atoms with van der Waals surface area (Å²) in [5, 5.41) is 18.1. The van der Waals surface area contributed by atoms with Crippen LogP contribution in [0.3, 0.4) is 0 Å². The van der Waals surface area contributed by atoms with Gasteiger partial charge in [-0.2, -0.15) is 0 Å². The Morgan fingerprint density at radius 1 is 1.04 bits per heavy atom. The number of hydrogen-bond donors (Lipinski definition) is 2. The minimum atomic E-state index is -1.59. The fourth-order valence-corrected chi connectivity index (χ4v) is 2.03. The summed E-state index contributed by atoms with van der Waals surface area (Å²) in [6, 6.07) is 15.0. The monoisotopic (exact) mass is 312 g/mol. The highest BCUT2D eigenvalue weighted by atomic mass is 16.5. The third-order valence-electron chi connectivity index (χ3n) is 3.46. The minimum Gasteiger partial charge on any atom is -0.460 e. The summed E-state index contributed by atoms with van der Waals surface area (Å²) in [4.78, 5) is 24.2. The maximum atomic E-state index is 12.3. The van der Waals surface area contributed by atoms with Crippen LogP contribution in [0.1, 0.15) is 22.8 Å². The second-order valence-electron chi connectivity index (χ2n) is 5.17. The van der Waals surface area contributed by atoms with Gasteiger partial charge >= 0.3 is 13.1 Å². The van der Waals surface area contributed by atoms with Crippen LogP contribution >= 0.6 is 0 Å². The minimum absolute atomic E-state index is 0.118. The number of rotatable bonds is 6. The molecule has 0 fully saturated rings. The van der Waals surface area contributed by atoms with Crippen molar-refractivity contribution in [3.63, 3.8) is 0 Å². The van der Waals surface area contributed by atoms with Crippen molar-refractivity contribution in [2.24, 2.45) is 5.92 Å². The van der Waals surface area contributed by atoms with E-state index in [0.717, 1.165) is 5.56 Å². The number of carbonyl (C=O) groups excluding carboxylic acids is 2. The molecule has 0 aliphatic rings. The summed E-state index contributed by atoms with van der Waals surface area (Å²) in [6.45, 7) is 1.61. The maximum Gasteiger partial charge on any atom is 0.488 e. The van der Waals surface area contributed by atoms with Crippen molar-refractivity contribution in [2.75, 3.05) is 0 Å². The molecule has 0 aliphatic carbocycles. The van der Waals surface area contributed by atoms with E-state index >= 15 is 0 Å². The summed E-state index contributed by atoms with van der Waals surface area (Å²) >= 11 is 0. The molecule has 0 amide bonds. The van der Waals surface area contributed by atoms with Crippen molar-refractivity contribution >= 4 is 24.3 Å². The Bertz CT molecular complexity index is 667. The third-order valence-corrected chi connectivity index (χ3v) is 3.46. The number of ether oxygens (including phenoxy) is 1. The molecule has 1 unspecified atom stereocenters. The van der Waals surface area contributed by atoms with E-state index in [1.807, 2.05) is 30.3 Å². The maximum absolute atomic E-state index is 12.3. The molecule has 5 nitrogen and oxygen atoms in total. The van der Waals surface area contributed by atoms with Gasteiger partial charge in [0, 0.05) is 5.56 Å². The molecule has 2 N–H and O–H groups in total. The molecule has 0 radical (unpaired) electrons. The van der Waals surface area contributed by atoms with Crippen LogP contribution in [-0.4, -0.2) is 28.9 Å². The highest BCUT2D eigenvalue weighted by Gasteiger charge is 2.24. The molecular formula is C17H17BO5. The number of Topliss-reactive ketones (excluding diaryl/α,β-unsaturated/α-hetero) is 1. The average Bonchev–Trinajstić information content (AvgIpc) is 2.59. The normalized spacial score (nSPS) is 11.6. The lowest BCUT2D eigenvalue weighted by Crippen LogP contribution is -2.30. The number of esters is 1. The van der Waals surface area contributed by atoms with Crippen LogP contribution < -0.4 is 5.46 Å². The van der Waals surface area contributed by atoms with Gasteiger partial charge in [-0.15, -0.1) is 0 Å². The van der Waals surface area contributed by atoms with Gasteiger partial charge in [0.15, 0.2) is 5.78 Å². The average molecular weight is 312 g/mol. The summed E-state index contributed by atoms with van der Waals surface area (Å²) < 4.78 is 5.15. The zero-order chi connectivity index (χ0) is 16.8. The van der Waals surface area contributed by atoms with Crippen LogP contribution in [0.15, 0.2) is 54.6 Å². The Balaban J connectivity index is 1.96. The standard InChI is InChI=1S/C17H17BO5/c1-12(17(20)23-11-13-5-3-2-4-6-13)16(19)14-7-9-15(10-8-14)18(21)22/h2-10,12,21-22H,11H2,1H3. The van der Waals surface area contributed by atoms with Crippen LogP contribution in [0, 0.1) is 5.92 Å². The van der Waals surface area contributed by atoms with Crippen molar-refractivity contribution in [2.45, 2.75) is 13.5 Å². The van der Waals surface area contributed by atoms with Gasteiger partial charge in [0.05, 0.1) is 0 Å². The predicted octanol–water partition coefficient (Wildman–Crippen LogP) is 0.929. The summed E-state index contributed by atoms with van der Waals surface area (Å²) in [5.74, 6) is -1.89. The van der Waals surface area contributed by atoms with Gasteiger partial charge in [0.1, 0.15) is 12.5 Å². The van der Waals surface area contributed by atoms with Crippen molar-refractivity contribution in [1.82, 2.24) is 0 Å². The first-order chi connectivity index (χ1) is 11.0. The highest BCUT2D eigenvalue weighted by molar-refractivity contribution is 6.58. The van der Waals surface area contributed by atoms with Gasteiger partial charge in [-0.1, -0.05) is 54.6 Å². The summed E-state index contributed by atoms with van der Waals surface area (Å²) in [6.07, 6.45) is 0. The Morgan fingerprint density at radius 2 is 1.65 bits per heavy atom. The number of hydrogen-bond acceptors (Lipinski definition) is 5. The zero-order valence-corrected chi connectivity index (χ0v) is 12.7. The van der Waals surface area contributed by atoms with E-state index in [0.29, 0.717) is 5.56 Å². The van der Waals surface area contributed by atoms with Gasteiger partial charge in [-0.25, -0.2) is 0 Å². The predicted molar refractivity (Wildman–Crippen MR) is 86.0 cm³/mol. The first kappa shape index (κ1) is 16.9. The van der Waals surface area contributed by atoms with Crippen LogP contribution in [0.5, 0.6) is 0 Å². The quantitative estimate of drug-likeness (QED) is 0.359. The molecule has 0 bridgehead atoms. The fourth-order valence-electron chi connectivity index (χ4n) is 2.03. The van der Waals surface area contributed by atoms with E-state index < -0.39 is 19.0 Å². The number of carbonyl (C=O) groups is 2. The first-order valence-corrected chi connectivity index (χ1v) is 7.20. The van der Waals surface area contributed by atoms with Gasteiger partial charge in [-0.05, 0) is 17.9 Å². The lowest BCUT2D eigenvalue weighted by atomic mass is 9.79. The van der Waals surface area contributed by atoms with Crippen molar-refractivity contribution in [3.8, 4) is 0 Å². The van der Waals surface area contributed by atoms with Crippen LogP contribution in [0.4, 0.5) is 0 Å². The lowest BCUT2D eigenvalue weighted by molar-refractivity contribution is -0.147. The van der Waals surface area contributed by atoms with E-state index in [9.17, 15) is 9.59 Å². The number of benzene rings is 2. The molecule has 0 aliphatic heterocycles. The van der Waals surface area contributed by atoms with Crippen LogP contribution in [0.25, 0.3) is 0 Å². The second kappa shape index (κ2) is 7.71. The molecule has 1 atom stereocenters. The van der Waals surface area contributed by atoms with Gasteiger partial charge in [0.25, 0.3) is 0 Å². The zero-order valence-electron chi connectivity index (χ0n) is 12.7. The lowest BCUT2D eigenvalue weighted by Gasteiger charge is -2.11. The van der Waals surface area contributed by atoms with Crippen LogP contribution in [0.2, 0.25) is 0 Å². The molecule has 0 heterocycles. The van der Waals surface area contributed by atoms with E-state index in [-0.39, 0.29) is 17.9 Å². The van der Waals surface area contributed by atoms with Crippen molar-refractivity contribution in [3.05, 3.63) is 65.7 Å². The number of ketones is 1. The highest BCUT2D eigenvalue weighted by Crippen LogP contribution is 2.11. The second-order valence-corrected chi connectivity index (χ2v) is 5.17. The van der Waals surface area contributed by atoms with Gasteiger partial charge in [0.2, 0.25) is 0 Å². The van der Waals surface area contributed by atoms with Gasteiger partial charge < -0.3 is 14.8 Å². The summed E-state index contributed by atoms with van der Waals surface area (Å²) in [5.41, 5.74) is 1.45. The Labute approximate surface area is 134 Å². The molecule has 0 saturated heterocycles. The molecule has 23 heavy (non-hydrogen) atoms. The first-order valence-electron chi connectivity index (χ1n) is 7.20. The van der Waals surface area contributed by atoms with Gasteiger partial charge in [-0.3, -0.25) is 9.59 Å². The fraction of sp³-hybridized carbons (Fsp3) is 0.176. The molecule has 0 spiro atoms. The van der Waals surface area contributed by atoms with Crippen molar-refractivity contribution < 1.29 is 24.4 Å². The van der Waals surface area contributed by atoms with E-state index in [1.165, 1.54) is 31.2 Å². The van der Waals surface area contributed by atoms with E-state index in [2.05, 4.69) is 0 Å². The van der Waals surface area contributed by atoms with Crippen molar-refractivity contribution in [1.29, 1.82) is 0 Å². The van der Waals surface area contributed by atoms with E-state index in [1.54, 1.807) is 0 Å². The van der Waals surface area contributed by atoms with E-state index in [4.69, 9.17) is 14.8 Å². The smallest absolute Gasteiger partial charge is 0.460 e. The summed E-state index contributed by atoms with van der Waals surface area (Å²) in [7, 11) is -1.59. The molecule has 0 saturated carbocycles. The Kier molecular flexibility index (Phi) is 5.68.